The van der Waals surface area contributed by atoms with E-state index in [4.69, 9.17) is 0 Å². The van der Waals surface area contributed by atoms with Gasteiger partial charge in [-0.05, 0) is 113 Å². The van der Waals surface area contributed by atoms with Gasteiger partial charge in [0.2, 0.25) is 0 Å². The van der Waals surface area contributed by atoms with Crippen LogP contribution in [-0.4, -0.2) is 0 Å². The summed E-state index contributed by atoms with van der Waals surface area (Å²) in [5.74, 6) is 0. The fourth-order valence-electron chi connectivity index (χ4n) is 10.4. The van der Waals surface area contributed by atoms with E-state index in [2.05, 4.69) is 290 Å². The SMILES string of the molecule is c1ccc(-c2cccc(-c3ccc(N(c4ccc5c(c4)c(-c4ccccc4)c(-c4ccccc4)c4ccccc45)c4c(-c5ccccc5)cccc4-c4ccccc4)cc3)c2-c2ccccc2)cc1. The average molecular weight is 878 g/mol. The monoisotopic (exact) mass is 877 g/mol. The normalized spacial score (nSPS) is 11.2. The molecule has 0 spiro atoms. The van der Waals surface area contributed by atoms with Crippen LogP contribution >= 0.6 is 0 Å². The summed E-state index contributed by atoms with van der Waals surface area (Å²) < 4.78 is 0. The molecular weight excluding hydrogens is 831 g/mol. The van der Waals surface area contributed by atoms with Crippen LogP contribution in [-0.2, 0) is 0 Å². The molecule has 0 bridgehead atoms. The van der Waals surface area contributed by atoms with Gasteiger partial charge in [0.1, 0.15) is 0 Å². The summed E-state index contributed by atoms with van der Waals surface area (Å²) in [5.41, 5.74) is 19.8. The van der Waals surface area contributed by atoms with Gasteiger partial charge in [0.15, 0.2) is 0 Å². The Bertz CT molecular complexity index is 3660. The quantitative estimate of drug-likeness (QED) is 0.124. The Hall–Kier alpha value is -9.04. The molecule has 0 fully saturated rings. The first-order valence-electron chi connectivity index (χ1n) is 23.8. The number of fused-ring (bicyclic) bond motifs is 3. The Morgan fingerprint density at radius 2 is 0.522 bits per heavy atom. The van der Waals surface area contributed by atoms with E-state index >= 15 is 0 Å². The maximum Gasteiger partial charge on any atom is 0.0618 e. The molecule has 0 aliphatic rings. The summed E-state index contributed by atoms with van der Waals surface area (Å²) >= 11 is 0. The lowest BCUT2D eigenvalue weighted by atomic mass is 9.84. The van der Waals surface area contributed by atoms with E-state index in [9.17, 15) is 0 Å². The third-order valence-corrected chi connectivity index (χ3v) is 13.5. The highest BCUT2D eigenvalue weighted by molar-refractivity contribution is 6.22. The van der Waals surface area contributed by atoms with E-state index in [1.807, 2.05) is 0 Å². The molecule has 0 aliphatic heterocycles. The lowest BCUT2D eigenvalue weighted by Gasteiger charge is -2.31. The lowest BCUT2D eigenvalue weighted by molar-refractivity contribution is 1.29. The van der Waals surface area contributed by atoms with Crippen LogP contribution in [0.3, 0.4) is 0 Å². The first kappa shape index (κ1) is 41.4. The molecule has 1 heteroatoms. The number of benzene rings is 12. The summed E-state index contributed by atoms with van der Waals surface area (Å²) in [7, 11) is 0. The maximum absolute atomic E-state index is 2.50. The number of hydrogen-bond acceptors (Lipinski definition) is 1. The van der Waals surface area contributed by atoms with E-state index in [-0.39, 0.29) is 0 Å². The van der Waals surface area contributed by atoms with E-state index in [1.165, 1.54) is 71.6 Å². The van der Waals surface area contributed by atoms with Crippen LogP contribution in [0.25, 0.3) is 99.4 Å². The van der Waals surface area contributed by atoms with Crippen molar-refractivity contribution < 1.29 is 0 Å². The molecule has 12 rings (SSSR count). The average Bonchev–Trinajstić information content (AvgIpc) is 3.44. The van der Waals surface area contributed by atoms with Gasteiger partial charge < -0.3 is 4.90 Å². The molecule has 0 N–H and O–H groups in total. The van der Waals surface area contributed by atoms with Crippen LogP contribution in [0.1, 0.15) is 0 Å². The smallest absolute Gasteiger partial charge is 0.0618 e. The van der Waals surface area contributed by atoms with Crippen molar-refractivity contribution >= 4 is 38.6 Å². The first-order chi connectivity index (χ1) is 34.3. The van der Waals surface area contributed by atoms with Gasteiger partial charge in [-0.25, -0.2) is 0 Å². The highest BCUT2D eigenvalue weighted by atomic mass is 15.1. The second-order valence-electron chi connectivity index (χ2n) is 17.5. The van der Waals surface area contributed by atoms with E-state index in [1.54, 1.807) is 0 Å². The molecule has 1 nitrogen and oxygen atoms in total. The van der Waals surface area contributed by atoms with Gasteiger partial charge in [-0.2, -0.15) is 0 Å². The van der Waals surface area contributed by atoms with Crippen molar-refractivity contribution in [3.05, 3.63) is 285 Å². The van der Waals surface area contributed by atoms with Crippen LogP contribution in [0.15, 0.2) is 285 Å². The maximum atomic E-state index is 2.50. The predicted molar refractivity (Wildman–Crippen MR) is 294 cm³/mol. The molecule has 0 unspecified atom stereocenters. The van der Waals surface area contributed by atoms with Crippen molar-refractivity contribution in [2.45, 2.75) is 0 Å². The van der Waals surface area contributed by atoms with Gasteiger partial charge in [-0.15, -0.1) is 0 Å². The second kappa shape index (κ2) is 18.3. The molecule has 0 amide bonds. The van der Waals surface area contributed by atoms with Crippen molar-refractivity contribution in [2.75, 3.05) is 4.90 Å². The summed E-state index contributed by atoms with van der Waals surface area (Å²) in [5, 5.41) is 4.88. The highest BCUT2D eigenvalue weighted by Gasteiger charge is 2.25. The minimum Gasteiger partial charge on any atom is -0.309 e. The van der Waals surface area contributed by atoms with Gasteiger partial charge in [0.05, 0.1) is 5.69 Å². The molecule has 12 aromatic carbocycles. The van der Waals surface area contributed by atoms with Crippen LogP contribution in [0, 0.1) is 0 Å². The molecule has 69 heavy (non-hydrogen) atoms. The lowest BCUT2D eigenvalue weighted by Crippen LogP contribution is -2.13. The molecule has 0 heterocycles. The van der Waals surface area contributed by atoms with Crippen molar-refractivity contribution in [3.8, 4) is 77.9 Å². The number of anilines is 3. The first-order valence-corrected chi connectivity index (χ1v) is 23.8. The Labute approximate surface area is 404 Å². The summed E-state index contributed by atoms with van der Waals surface area (Å²) in [6.45, 7) is 0. The number of para-hydroxylation sites is 1. The zero-order valence-electron chi connectivity index (χ0n) is 38.1. The van der Waals surface area contributed by atoms with Crippen molar-refractivity contribution in [2.24, 2.45) is 0 Å². The molecule has 0 radical (unpaired) electrons. The van der Waals surface area contributed by atoms with Gasteiger partial charge in [0, 0.05) is 22.5 Å². The molecule has 0 saturated carbocycles. The van der Waals surface area contributed by atoms with Crippen LogP contribution in [0.4, 0.5) is 17.1 Å². The number of hydrogen-bond donors (Lipinski definition) is 0. The molecule has 12 aromatic rings. The number of rotatable bonds is 10. The Kier molecular flexibility index (Phi) is 11.0. The summed E-state index contributed by atoms with van der Waals surface area (Å²) in [6, 6.07) is 104. The van der Waals surface area contributed by atoms with Crippen LogP contribution in [0.5, 0.6) is 0 Å². The zero-order chi connectivity index (χ0) is 45.9. The third-order valence-electron chi connectivity index (χ3n) is 13.5. The standard InChI is InChI=1S/C68H47N/c1-7-23-48(24-8-1)57-37-21-38-58(65(57)52-29-13-4-14-30-52)51-41-43-55(44-42-51)69(68-59(49-25-9-2-10-26-49)39-22-40-60(68)50-27-11-3-12-28-50)56-45-46-62-61-35-19-20-36-63(61)66(53-31-15-5-16-32-53)67(64(62)47-56)54-33-17-6-18-34-54/h1-47H. The molecule has 0 aromatic heterocycles. The zero-order valence-corrected chi connectivity index (χ0v) is 38.1. The molecule has 0 saturated heterocycles. The topological polar surface area (TPSA) is 3.24 Å². The van der Waals surface area contributed by atoms with Gasteiger partial charge in [-0.1, -0.05) is 261 Å². The Morgan fingerprint density at radius 3 is 1.00 bits per heavy atom. The van der Waals surface area contributed by atoms with E-state index in [0.29, 0.717) is 0 Å². The predicted octanol–water partition coefficient (Wildman–Crippen LogP) is 19.1. The largest absolute Gasteiger partial charge is 0.309 e. The number of nitrogens with zero attached hydrogens (tertiary/aromatic N) is 1. The highest BCUT2D eigenvalue weighted by Crippen LogP contribution is 2.51. The fraction of sp³-hybridized carbons (Fsp3) is 0. The van der Waals surface area contributed by atoms with Crippen molar-refractivity contribution in [3.63, 3.8) is 0 Å². The third kappa shape index (κ3) is 7.76. The summed E-state index contributed by atoms with van der Waals surface area (Å²) in [6.07, 6.45) is 0. The van der Waals surface area contributed by atoms with Crippen molar-refractivity contribution in [1.29, 1.82) is 0 Å². The van der Waals surface area contributed by atoms with Crippen LogP contribution < -0.4 is 4.90 Å². The Balaban J connectivity index is 1.14. The summed E-state index contributed by atoms with van der Waals surface area (Å²) in [4.78, 5) is 2.50. The van der Waals surface area contributed by atoms with E-state index < -0.39 is 0 Å². The second-order valence-corrected chi connectivity index (χ2v) is 17.5. The van der Waals surface area contributed by atoms with Gasteiger partial charge in [0.25, 0.3) is 0 Å². The van der Waals surface area contributed by atoms with E-state index in [0.717, 1.165) is 44.9 Å². The van der Waals surface area contributed by atoms with Crippen LogP contribution in [0.2, 0.25) is 0 Å². The van der Waals surface area contributed by atoms with Gasteiger partial charge >= 0.3 is 0 Å². The fourth-order valence-corrected chi connectivity index (χ4v) is 10.4. The minimum atomic E-state index is 1.06. The minimum absolute atomic E-state index is 1.06. The molecule has 324 valence electrons. The van der Waals surface area contributed by atoms with Crippen molar-refractivity contribution in [1.82, 2.24) is 0 Å². The molecular formula is C68H47N. The van der Waals surface area contributed by atoms with Gasteiger partial charge in [-0.3, -0.25) is 0 Å². The Morgan fingerprint density at radius 1 is 0.188 bits per heavy atom. The molecule has 0 atom stereocenters. The molecule has 0 aliphatic carbocycles.